The first kappa shape index (κ1) is 28.4. The third-order valence-corrected chi connectivity index (χ3v) is 7.77. The Bertz CT molecular complexity index is 763. The lowest BCUT2D eigenvalue weighted by Crippen LogP contribution is -2.69. The molecule has 0 saturated carbocycles. The zero-order valence-corrected chi connectivity index (χ0v) is 21.4. The van der Waals surface area contributed by atoms with Crippen LogP contribution in [-0.4, -0.2) is 104 Å². The van der Waals surface area contributed by atoms with Crippen LogP contribution in [0.1, 0.15) is 40.5 Å². The average molecular weight is 504 g/mol. The number of hydrogen-bond acceptors (Lipinski definition) is 10. The Morgan fingerprint density at radius 1 is 1.23 bits per heavy atom. The number of carbonyl (C=O) groups is 1. The highest BCUT2D eigenvalue weighted by Crippen LogP contribution is 2.44. The SMILES string of the molecule is C=C1C[C@](OC)([C@H](O)C(=O)N[C@H]2OCO[C@H]3[C@@H]2O[C@H](C[C@@H](O)CO)C(C)(C)[C@@H]3OC)O[C@H](C)[C@@H]1C. The molecule has 11 nitrogen and oxygen atoms in total. The summed E-state index contributed by atoms with van der Waals surface area (Å²) < 4.78 is 35.0. The monoisotopic (exact) mass is 503 g/mol. The van der Waals surface area contributed by atoms with Crippen LogP contribution < -0.4 is 5.32 Å². The molecule has 0 spiro atoms. The zero-order valence-electron chi connectivity index (χ0n) is 21.4. The standard InChI is InChI=1S/C24H41NO10/c1-12-9-24(31-7,35-14(3)13(12)2)19(28)21(29)25-22-18-17(32-11-33-22)20(30-6)23(4,5)16(34-18)8-15(27)10-26/h13-20,22,26-28H,1,8-11H2,2-7H3,(H,25,29)/t13-,14-,15-,16-,17+,18+,19-,20-,22+,24-/m1/s1. The molecule has 3 fully saturated rings. The van der Waals surface area contributed by atoms with E-state index in [-0.39, 0.29) is 31.7 Å². The minimum atomic E-state index is -1.67. The van der Waals surface area contributed by atoms with Crippen LogP contribution in [0, 0.1) is 11.3 Å². The first-order valence-corrected chi connectivity index (χ1v) is 12.0. The van der Waals surface area contributed by atoms with Crippen molar-refractivity contribution in [1.82, 2.24) is 5.32 Å². The minimum Gasteiger partial charge on any atom is -0.394 e. The van der Waals surface area contributed by atoms with Crippen molar-refractivity contribution >= 4 is 5.91 Å². The molecular formula is C24H41NO10. The van der Waals surface area contributed by atoms with Crippen LogP contribution in [0.15, 0.2) is 12.2 Å². The van der Waals surface area contributed by atoms with Gasteiger partial charge in [-0.1, -0.05) is 32.9 Å². The second-order valence-corrected chi connectivity index (χ2v) is 10.3. The Kier molecular flexibility index (Phi) is 8.99. The summed E-state index contributed by atoms with van der Waals surface area (Å²) >= 11 is 0. The van der Waals surface area contributed by atoms with Crippen molar-refractivity contribution in [2.24, 2.45) is 11.3 Å². The van der Waals surface area contributed by atoms with Gasteiger partial charge in [-0.05, 0) is 6.92 Å². The molecule has 4 N–H and O–H groups in total. The molecule has 0 radical (unpaired) electrons. The molecule has 3 aliphatic heterocycles. The van der Waals surface area contributed by atoms with Crippen LogP contribution >= 0.6 is 0 Å². The van der Waals surface area contributed by atoms with E-state index < -0.39 is 66.6 Å². The number of fused-ring (bicyclic) bond motifs is 1. The second kappa shape index (κ2) is 11.1. The topological polar surface area (TPSA) is 145 Å². The van der Waals surface area contributed by atoms with Crippen LogP contribution in [0.25, 0.3) is 0 Å². The van der Waals surface area contributed by atoms with Gasteiger partial charge >= 0.3 is 0 Å². The highest BCUT2D eigenvalue weighted by atomic mass is 16.7. The Labute approximate surface area is 206 Å². The van der Waals surface area contributed by atoms with Crippen molar-refractivity contribution in [2.75, 3.05) is 27.6 Å². The molecule has 35 heavy (non-hydrogen) atoms. The minimum absolute atomic E-state index is 0.0456. The highest BCUT2D eigenvalue weighted by Gasteiger charge is 2.57. The van der Waals surface area contributed by atoms with Gasteiger partial charge in [0.1, 0.15) is 19.0 Å². The maximum Gasteiger partial charge on any atom is 0.256 e. The Balaban J connectivity index is 1.79. The van der Waals surface area contributed by atoms with Crippen molar-refractivity contribution in [3.63, 3.8) is 0 Å². The fraction of sp³-hybridized carbons (Fsp3) is 0.875. The smallest absolute Gasteiger partial charge is 0.256 e. The molecule has 3 saturated heterocycles. The summed E-state index contributed by atoms with van der Waals surface area (Å²) in [6.45, 7) is 11.2. The Morgan fingerprint density at radius 2 is 1.91 bits per heavy atom. The van der Waals surface area contributed by atoms with Gasteiger partial charge in [-0.25, -0.2) is 0 Å². The van der Waals surface area contributed by atoms with Crippen LogP contribution in [0.4, 0.5) is 0 Å². The lowest BCUT2D eigenvalue weighted by atomic mass is 9.72. The van der Waals surface area contributed by atoms with Gasteiger partial charge in [-0.2, -0.15) is 0 Å². The van der Waals surface area contributed by atoms with Gasteiger partial charge < -0.3 is 49.1 Å². The third-order valence-electron chi connectivity index (χ3n) is 7.77. The molecule has 11 heteroatoms. The molecule has 202 valence electrons. The molecule has 3 heterocycles. The molecule has 10 atom stereocenters. The van der Waals surface area contributed by atoms with Gasteiger partial charge in [0.05, 0.1) is 31.0 Å². The zero-order chi connectivity index (χ0) is 26.1. The van der Waals surface area contributed by atoms with E-state index in [1.165, 1.54) is 7.11 Å². The molecule has 0 aliphatic carbocycles. The maximum atomic E-state index is 13.2. The van der Waals surface area contributed by atoms with Crippen LogP contribution in [0.3, 0.4) is 0 Å². The molecular weight excluding hydrogens is 462 g/mol. The molecule has 1 amide bonds. The number of ether oxygens (including phenoxy) is 6. The normalized spacial score (nSPS) is 41.1. The summed E-state index contributed by atoms with van der Waals surface area (Å²) in [5.74, 6) is -2.30. The molecule has 0 aromatic rings. The number of aliphatic hydroxyl groups is 3. The fourth-order valence-electron chi connectivity index (χ4n) is 5.26. The molecule has 0 aromatic heterocycles. The molecule has 0 bridgehead atoms. The molecule has 3 aliphatic rings. The summed E-state index contributed by atoms with van der Waals surface area (Å²) in [5, 5.41) is 33.1. The highest BCUT2D eigenvalue weighted by molar-refractivity contribution is 5.82. The lowest BCUT2D eigenvalue weighted by Gasteiger charge is -2.54. The van der Waals surface area contributed by atoms with Gasteiger partial charge in [0.2, 0.25) is 5.79 Å². The van der Waals surface area contributed by atoms with Gasteiger partial charge in [0.15, 0.2) is 12.3 Å². The third kappa shape index (κ3) is 5.43. The van der Waals surface area contributed by atoms with Gasteiger partial charge in [-0.15, -0.1) is 0 Å². The summed E-state index contributed by atoms with van der Waals surface area (Å²) in [6, 6.07) is 0. The van der Waals surface area contributed by atoms with E-state index in [9.17, 15) is 20.1 Å². The summed E-state index contributed by atoms with van der Waals surface area (Å²) in [5.41, 5.74) is 0.228. The van der Waals surface area contributed by atoms with E-state index >= 15 is 0 Å². The van der Waals surface area contributed by atoms with Crippen molar-refractivity contribution in [3.8, 4) is 0 Å². The van der Waals surface area contributed by atoms with Crippen molar-refractivity contribution < 1.29 is 48.5 Å². The van der Waals surface area contributed by atoms with E-state index in [1.54, 1.807) is 7.11 Å². The summed E-state index contributed by atoms with van der Waals surface area (Å²) in [7, 11) is 2.93. The average Bonchev–Trinajstić information content (AvgIpc) is 2.82. The predicted molar refractivity (Wildman–Crippen MR) is 123 cm³/mol. The summed E-state index contributed by atoms with van der Waals surface area (Å²) in [4.78, 5) is 13.2. The van der Waals surface area contributed by atoms with E-state index in [2.05, 4.69) is 11.9 Å². The van der Waals surface area contributed by atoms with E-state index in [0.717, 1.165) is 5.57 Å². The van der Waals surface area contributed by atoms with Gasteiger partial charge in [0.25, 0.3) is 5.91 Å². The van der Waals surface area contributed by atoms with Crippen molar-refractivity contribution in [2.45, 2.75) is 95.3 Å². The largest absolute Gasteiger partial charge is 0.394 e. The second-order valence-electron chi connectivity index (χ2n) is 10.3. The van der Waals surface area contributed by atoms with Crippen LogP contribution in [0.2, 0.25) is 0 Å². The number of methoxy groups -OCH3 is 2. The molecule has 0 aromatic carbocycles. The number of amides is 1. The van der Waals surface area contributed by atoms with Crippen LogP contribution in [0.5, 0.6) is 0 Å². The van der Waals surface area contributed by atoms with Crippen LogP contribution in [-0.2, 0) is 33.2 Å². The van der Waals surface area contributed by atoms with Crippen molar-refractivity contribution in [1.29, 1.82) is 0 Å². The summed E-state index contributed by atoms with van der Waals surface area (Å²) in [6.07, 6.45) is -6.03. The van der Waals surface area contributed by atoms with Gasteiger partial charge in [0, 0.05) is 38.4 Å². The Hall–Kier alpha value is -1.15. The molecule has 3 rings (SSSR count). The van der Waals surface area contributed by atoms with Crippen molar-refractivity contribution in [3.05, 3.63) is 12.2 Å². The number of carbonyl (C=O) groups excluding carboxylic acids is 1. The van der Waals surface area contributed by atoms with Gasteiger partial charge in [-0.3, -0.25) is 4.79 Å². The first-order chi connectivity index (χ1) is 16.4. The number of hydrogen-bond donors (Lipinski definition) is 4. The number of aliphatic hydroxyl groups excluding tert-OH is 3. The van der Waals surface area contributed by atoms with E-state index in [1.807, 2.05) is 27.7 Å². The Morgan fingerprint density at radius 3 is 2.49 bits per heavy atom. The maximum absolute atomic E-state index is 13.2. The number of nitrogens with one attached hydrogen (secondary N) is 1. The van der Waals surface area contributed by atoms with E-state index in [0.29, 0.717) is 0 Å². The lowest BCUT2D eigenvalue weighted by molar-refractivity contribution is -0.333. The first-order valence-electron chi connectivity index (χ1n) is 12.0. The predicted octanol–water partition coefficient (Wildman–Crippen LogP) is 0.0582. The number of rotatable bonds is 8. The molecule has 0 unspecified atom stereocenters. The quantitative estimate of drug-likeness (QED) is 0.336. The fourth-order valence-corrected chi connectivity index (χ4v) is 5.26. The van der Waals surface area contributed by atoms with E-state index in [4.69, 9.17) is 28.4 Å².